The van der Waals surface area contributed by atoms with Gasteiger partial charge in [-0.25, -0.2) is 14.6 Å². The molecule has 1 N–H and O–H groups in total. The maximum absolute atomic E-state index is 13.8. The van der Waals surface area contributed by atoms with Gasteiger partial charge >= 0.3 is 11.9 Å². The molecule has 0 radical (unpaired) electrons. The Bertz CT molecular complexity index is 1900. The highest BCUT2D eigenvalue weighted by Gasteiger charge is 2.31. The van der Waals surface area contributed by atoms with Crippen LogP contribution in [0.15, 0.2) is 74.5 Å². The number of carbonyl (C=O) groups is 2. The second-order valence-corrected chi connectivity index (χ2v) is 10.3. The van der Waals surface area contributed by atoms with Crippen LogP contribution in [0.1, 0.15) is 47.1 Å². The van der Waals surface area contributed by atoms with Gasteiger partial charge in [-0.2, -0.15) is 0 Å². The fraction of sp³-hybridized carbons (Fsp3) is 0.226. The van der Waals surface area contributed by atoms with Gasteiger partial charge in [-0.05, 0) is 68.3 Å². The van der Waals surface area contributed by atoms with E-state index in [4.69, 9.17) is 18.6 Å². The Balaban J connectivity index is 1.61. The molecule has 0 saturated carbocycles. The number of fused-ring (bicyclic) bond motifs is 1. The van der Waals surface area contributed by atoms with E-state index in [0.717, 1.165) is 16.9 Å². The molecule has 1 atom stereocenters. The summed E-state index contributed by atoms with van der Waals surface area (Å²) in [5.41, 5.74) is 2.07. The first kappa shape index (κ1) is 28.6. The zero-order valence-electron chi connectivity index (χ0n) is 23.4. The first-order valence-corrected chi connectivity index (χ1v) is 14.0. The lowest BCUT2D eigenvalue weighted by Gasteiger charge is -2.23. The molecule has 0 amide bonds. The number of nitrogens with zero attached hydrogens (tertiary/aromatic N) is 2. The number of carboxylic acids is 1. The average molecular weight is 589 g/mol. The van der Waals surface area contributed by atoms with Crippen LogP contribution in [0.3, 0.4) is 0 Å². The largest absolute Gasteiger partial charge is 0.490 e. The number of carboxylic acid groups (broad SMARTS) is 1. The summed E-state index contributed by atoms with van der Waals surface area (Å²) in [6.45, 7) is 6.43. The zero-order chi connectivity index (χ0) is 30.0. The van der Waals surface area contributed by atoms with Crippen LogP contribution in [-0.2, 0) is 9.53 Å². The summed E-state index contributed by atoms with van der Waals surface area (Å²) in [5.74, 6) is 0.269. The molecule has 0 aliphatic carbocycles. The molecule has 2 aromatic heterocycles. The molecule has 0 unspecified atom stereocenters. The van der Waals surface area contributed by atoms with Gasteiger partial charge in [0, 0.05) is 17.8 Å². The third kappa shape index (κ3) is 5.38. The van der Waals surface area contributed by atoms with Crippen LogP contribution < -0.4 is 24.4 Å². The SMILES string of the molecule is CCOc1ccc([C@H]2C(C(=O)OC)=CN=c3s/c(=C\c4ccc(-c5cc(C(=O)O)ccc5C)o4)c(=O)n32)cc1OCC. The Morgan fingerprint density at radius 3 is 2.55 bits per heavy atom. The number of hydrogen-bond donors (Lipinski definition) is 1. The van der Waals surface area contributed by atoms with E-state index in [1.54, 1.807) is 48.5 Å². The minimum Gasteiger partial charge on any atom is -0.490 e. The lowest BCUT2D eigenvalue weighted by Crippen LogP contribution is -2.39. The molecule has 1 aliphatic heterocycles. The predicted molar refractivity (Wildman–Crippen MR) is 156 cm³/mol. The summed E-state index contributed by atoms with van der Waals surface area (Å²) in [5, 5.41) is 9.38. The third-order valence-electron chi connectivity index (χ3n) is 6.66. The van der Waals surface area contributed by atoms with Crippen molar-refractivity contribution in [3.05, 3.63) is 102 Å². The number of ether oxygens (including phenoxy) is 3. The highest BCUT2D eigenvalue weighted by atomic mass is 32.1. The molecule has 216 valence electrons. The Hall–Kier alpha value is -4.90. The van der Waals surface area contributed by atoms with Crippen molar-refractivity contribution in [3.63, 3.8) is 0 Å². The normalized spacial score (nSPS) is 14.5. The van der Waals surface area contributed by atoms with Crippen molar-refractivity contribution >= 4 is 29.4 Å². The van der Waals surface area contributed by atoms with Crippen LogP contribution in [0.2, 0.25) is 0 Å². The second-order valence-electron chi connectivity index (χ2n) is 9.29. The average Bonchev–Trinajstić information content (AvgIpc) is 3.57. The van der Waals surface area contributed by atoms with E-state index in [2.05, 4.69) is 4.99 Å². The minimum absolute atomic E-state index is 0.144. The number of aromatic nitrogens is 1. The third-order valence-corrected chi connectivity index (χ3v) is 7.66. The van der Waals surface area contributed by atoms with E-state index >= 15 is 0 Å². The number of hydrogen-bond acceptors (Lipinski definition) is 9. The number of thiazole rings is 1. The molecule has 42 heavy (non-hydrogen) atoms. The number of aromatic carboxylic acids is 1. The molecule has 5 rings (SSSR count). The van der Waals surface area contributed by atoms with Crippen LogP contribution in [0.25, 0.3) is 17.4 Å². The number of esters is 1. The van der Waals surface area contributed by atoms with Gasteiger partial charge in [0.25, 0.3) is 5.56 Å². The summed E-state index contributed by atoms with van der Waals surface area (Å²) >= 11 is 1.15. The van der Waals surface area contributed by atoms with E-state index in [1.807, 2.05) is 20.8 Å². The summed E-state index contributed by atoms with van der Waals surface area (Å²) in [6, 6.07) is 12.7. The first-order chi connectivity index (χ1) is 20.2. The molecule has 10 nitrogen and oxygen atoms in total. The van der Waals surface area contributed by atoms with Gasteiger partial charge in [0.1, 0.15) is 11.5 Å². The van der Waals surface area contributed by atoms with Crippen molar-refractivity contribution in [3.8, 4) is 22.8 Å². The minimum atomic E-state index is -1.04. The highest BCUT2D eigenvalue weighted by molar-refractivity contribution is 7.07. The van der Waals surface area contributed by atoms with Crippen molar-refractivity contribution in [2.24, 2.45) is 4.99 Å². The Morgan fingerprint density at radius 1 is 1.07 bits per heavy atom. The van der Waals surface area contributed by atoms with Crippen molar-refractivity contribution < 1.29 is 33.3 Å². The molecular formula is C31H28N2O8S. The molecule has 0 fully saturated rings. The summed E-state index contributed by atoms with van der Waals surface area (Å²) in [4.78, 5) is 42.9. The maximum Gasteiger partial charge on any atom is 0.337 e. The van der Waals surface area contributed by atoms with Crippen LogP contribution in [-0.4, -0.2) is 41.9 Å². The number of furan rings is 1. The van der Waals surface area contributed by atoms with E-state index in [9.17, 15) is 19.5 Å². The molecule has 2 aromatic carbocycles. The number of rotatable bonds is 9. The van der Waals surface area contributed by atoms with Crippen molar-refractivity contribution in [2.75, 3.05) is 20.3 Å². The van der Waals surface area contributed by atoms with Gasteiger partial charge in [0.2, 0.25) is 0 Å². The number of methoxy groups -OCH3 is 1. The van der Waals surface area contributed by atoms with Crippen molar-refractivity contribution in [1.82, 2.24) is 4.57 Å². The number of carbonyl (C=O) groups excluding carboxylic acids is 1. The molecular weight excluding hydrogens is 560 g/mol. The first-order valence-electron chi connectivity index (χ1n) is 13.2. The van der Waals surface area contributed by atoms with Gasteiger partial charge in [0.05, 0.1) is 42.0 Å². The van der Waals surface area contributed by atoms with Crippen molar-refractivity contribution in [1.29, 1.82) is 0 Å². The standard InChI is InChI=1S/C31H28N2O8S/c1-5-39-24-11-9-18(14-25(24)40-6-2)27-22(30(37)38-4)16-32-31-33(27)28(34)26(42-31)15-20-10-12-23(41-20)21-13-19(29(35)36)8-7-17(21)3/h7-16,27H,5-6H2,1-4H3,(H,35,36)/b26-15-/t27-/m0/s1. The summed E-state index contributed by atoms with van der Waals surface area (Å²) < 4.78 is 24.3. The number of aryl methyl sites for hydroxylation is 1. The van der Waals surface area contributed by atoms with E-state index in [0.29, 0.717) is 56.7 Å². The zero-order valence-corrected chi connectivity index (χ0v) is 24.2. The molecule has 0 bridgehead atoms. The topological polar surface area (TPSA) is 130 Å². The Kier molecular flexibility index (Phi) is 8.12. The van der Waals surface area contributed by atoms with Gasteiger partial charge in [0.15, 0.2) is 16.3 Å². The van der Waals surface area contributed by atoms with Crippen LogP contribution in [0.5, 0.6) is 11.5 Å². The molecule has 4 aromatic rings. The second kappa shape index (κ2) is 11.9. The highest BCUT2D eigenvalue weighted by Crippen LogP contribution is 2.35. The molecule has 11 heteroatoms. The fourth-order valence-electron chi connectivity index (χ4n) is 4.71. The van der Waals surface area contributed by atoms with Crippen LogP contribution >= 0.6 is 11.3 Å². The quantitative estimate of drug-likeness (QED) is 0.290. The van der Waals surface area contributed by atoms with Crippen molar-refractivity contribution in [2.45, 2.75) is 26.8 Å². The van der Waals surface area contributed by atoms with Gasteiger partial charge < -0.3 is 23.7 Å². The molecule has 1 aliphatic rings. The van der Waals surface area contributed by atoms with E-state index < -0.39 is 18.0 Å². The molecule has 0 saturated heterocycles. The van der Waals surface area contributed by atoms with E-state index in [-0.39, 0.29) is 16.7 Å². The van der Waals surface area contributed by atoms with Gasteiger partial charge in [-0.3, -0.25) is 9.36 Å². The van der Waals surface area contributed by atoms with Gasteiger partial charge in [-0.1, -0.05) is 23.5 Å². The van der Waals surface area contributed by atoms with Crippen LogP contribution in [0, 0.1) is 6.92 Å². The number of benzene rings is 2. The summed E-state index contributed by atoms with van der Waals surface area (Å²) in [6.07, 6.45) is 3.03. The van der Waals surface area contributed by atoms with Gasteiger partial charge in [-0.15, -0.1) is 0 Å². The fourth-order valence-corrected chi connectivity index (χ4v) is 5.66. The van der Waals surface area contributed by atoms with E-state index in [1.165, 1.54) is 23.9 Å². The lowest BCUT2D eigenvalue weighted by atomic mass is 9.97. The Morgan fingerprint density at radius 2 is 1.83 bits per heavy atom. The monoisotopic (exact) mass is 588 g/mol. The smallest absolute Gasteiger partial charge is 0.337 e. The molecule has 0 spiro atoms. The Labute approximate surface area is 244 Å². The molecule has 3 heterocycles. The summed E-state index contributed by atoms with van der Waals surface area (Å²) in [7, 11) is 1.28. The predicted octanol–water partition coefficient (Wildman–Crippen LogP) is 4.08. The van der Waals surface area contributed by atoms with Crippen LogP contribution in [0.4, 0.5) is 0 Å². The maximum atomic E-state index is 13.8. The lowest BCUT2D eigenvalue weighted by molar-refractivity contribution is -0.136.